The first-order valence-corrected chi connectivity index (χ1v) is 9.20. The molecule has 2 unspecified atom stereocenters. The lowest BCUT2D eigenvalue weighted by atomic mass is 9.82. The van der Waals surface area contributed by atoms with E-state index in [9.17, 15) is 9.59 Å². The Kier molecular flexibility index (Phi) is 4.91. The normalized spacial score (nSPS) is 28.8. The van der Waals surface area contributed by atoms with Crippen molar-refractivity contribution in [2.45, 2.75) is 63.8 Å². The molecule has 1 aliphatic carbocycles. The molecule has 1 heterocycles. The van der Waals surface area contributed by atoms with Gasteiger partial charge in [-0.2, -0.15) is 11.8 Å². The van der Waals surface area contributed by atoms with Gasteiger partial charge in [-0.05, 0) is 30.9 Å². The fourth-order valence-corrected chi connectivity index (χ4v) is 4.32. The Morgan fingerprint density at radius 3 is 2.24 bits per heavy atom. The molecule has 4 nitrogen and oxygen atoms in total. The van der Waals surface area contributed by atoms with Gasteiger partial charge in [-0.25, -0.2) is 0 Å². The Morgan fingerprint density at radius 1 is 1.24 bits per heavy atom. The van der Waals surface area contributed by atoms with Crippen LogP contribution in [0.3, 0.4) is 0 Å². The van der Waals surface area contributed by atoms with Crippen LogP contribution in [0.1, 0.15) is 47.0 Å². The van der Waals surface area contributed by atoms with Crippen LogP contribution in [0.5, 0.6) is 0 Å². The van der Waals surface area contributed by atoms with E-state index in [2.05, 4.69) is 11.6 Å². The fraction of sp³-hybridized carbons (Fsp3) is 0.875. The van der Waals surface area contributed by atoms with E-state index >= 15 is 0 Å². The van der Waals surface area contributed by atoms with Crippen LogP contribution in [-0.2, 0) is 9.59 Å². The second kappa shape index (κ2) is 6.19. The molecular formula is C16H28N2O2S. The topological polar surface area (TPSA) is 49.4 Å². The van der Waals surface area contributed by atoms with Gasteiger partial charge in [-0.15, -0.1) is 0 Å². The second-order valence-corrected chi connectivity index (χ2v) is 8.40. The molecule has 1 aliphatic heterocycles. The van der Waals surface area contributed by atoms with Crippen LogP contribution >= 0.6 is 11.8 Å². The van der Waals surface area contributed by atoms with Gasteiger partial charge in [0.1, 0.15) is 12.1 Å². The summed E-state index contributed by atoms with van der Waals surface area (Å²) in [7, 11) is 0. The van der Waals surface area contributed by atoms with E-state index in [4.69, 9.17) is 0 Å². The number of thioether (sulfide) groups is 1. The number of nitrogens with zero attached hydrogens (tertiary/aromatic N) is 1. The highest BCUT2D eigenvalue weighted by Gasteiger charge is 2.47. The summed E-state index contributed by atoms with van der Waals surface area (Å²) in [4.78, 5) is 27.2. The van der Waals surface area contributed by atoms with E-state index in [-0.39, 0.29) is 40.5 Å². The maximum Gasteiger partial charge on any atom is 0.246 e. The number of carbonyl (C=O) groups excluding carboxylic acids is 2. The number of rotatable bonds is 5. The van der Waals surface area contributed by atoms with Crippen LogP contribution < -0.4 is 5.32 Å². The number of hydrogen-bond donors (Lipinski definition) is 1. The van der Waals surface area contributed by atoms with E-state index in [1.165, 1.54) is 6.42 Å². The quantitative estimate of drug-likeness (QED) is 0.847. The van der Waals surface area contributed by atoms with Crippen molar-refractivity contribution in [3.05, 3.63) is 0 Å². The molecule has 0 aromatic heterocycles. The molecule has 2 amide bonds. The van der Waals surface area contributed by atoms with Gasteiger partial charge in [-0.3, -0.25) is 9.59 Å². The maximum absolute atomic E-state index is 12.9. The molecule has 1 saturated carbocycles. The van der Waals surface area contributed by atoms with Crippen molar-refractivity contribution < 1.29 is 9.59 Å². The lowest BCUT2D eigenvalue weighted by molar-refractivity contribution is -0.153. The van der Waals surface area contributed by atoms with E-state index < -0.39 is 0 Å². The smallest absolute Gasteiger partial charge is 0.246 e. The lowest BCUT2D eigenvalue weighted by Gasteiger charge is -2.49. The van der Waals surface area contributed by atoms with Crippen LogP contribution in [-0.4, -0.2) is 46.3 Å². The lowest BCUT2D eigenvalue weighted by Crippen LogP contribution is -2.68. The number of carbonyl (C=O) groups is 2. The van der Waals surface area contributed by atoms with Gasteiger partial charge in [0.05, 0.1) is 0 Å². The molecule has 120 valence electrons. The van der Waals surface area contributed by atoms with Gasteiger partial charge in [-0.1, -0.05) is 34.1 Å². The predicted octanol–water partition coefficient (Wildman–Crippen LogP) is 2.28. The number of amides is 2. The van der Waals surface area contributed by atoms with Crippen molar-refractivity contribution in [3.8, 4) is 0 Å². The molecule has 0 aromatic carbocycles. The molecule has 5 heteroatoms. The number of piperazine rings is 1. The van der Waals surface area contributed by atoms with E-state index in [0.29, 0.717) is 6.54 Å². The highest BCUT2D eigenvalue weighted by Crippen LogP contribution is 2.44. The van der Waals surface area contributed by atoms with Gasteiger partial charge in [0.2, 0.25) is 11.8 Å². The summed E-state index contributed by atoms with van der Waals surface area (Å²) in [5.41, 5.74) is 0. The first kappa shape index (κ1) is 16.7. The van der Waals surface area contributed by atoms with Crippen molar-refractivity contribution in [2.75, 3.05) is 12.8 Å². The molecule has 21 heavy (non-hydrogen) atoms. The van der Waals surface area contributed by atoms with E-state index in [0.717, 1.165) is 12.8 Å². The van der Waals surface area contributed by atoms with Crippen LogP contribution in [0.2, 0.25) is 0 Å². The first-order valence-electron chi connectivity index (χ1n) is 7.97. The second-order valence-electron chi connectivity index (χ2n) is 7.13. The monoisotopic (exact) mass is 312 g/mol. The van der Waals surface area contributed by atoms with Crippen molar-refractivity contribution in [3.63, 3.8) is 0 Å². The third-order valence-corrected chi connectivity index (χ3v) is 6.31. The van der Waals surface area contributed by atoms with E-state index in [1.807, 2.05) is 44.4 Å². The summed E-state index contributed by atoms with van der Waals surface area (Å²) in [5, 5.41) is 2.93. The molecule has 2 fully saturated rings. The van der Waals surface area contributed by atoms with Crippen molar-refractivity contribution in [1.29, 1.82) is 0 Å². The Hall–Kier alpha value is -0.710. The average Bonchev–Trinajstić information content (AvgIpc) is 2.36. The molecule has 0 radical (unpaired) electrons. The number of nitrogens with one attached hydrogen (secondary N) is 1. The highest BCUT2D eigenvalue weighted by molar-refractivity contribution is 8.00. The summed E-state index contributed by atoms with van der Waals surface area (Å²) in [6, 6.07) is -0.691. The van der Waals surface area contributed by atoms with Gasteiger partial charge >= 0.3 is 0 Å². The zero-order valence-corrected chi connectivity index (χ0v) is 14.6. The molecule has 1 saturated heterocycles. The molecule has 0 aromatic rings. The summed E-state index contributed by atoms with van der Waals surface area (Å²) < 4.78 is 0.169. The summed E-state index contributed by atoms with van der Waals surface area (Å²) >= 11 is 1.85. The average molecular weight is 312 g/mol. The zero-order chi connectivity index (χ0) is 15.8. The van der Waals surface area contributed by atoms with Crippen LogP contribution in [0.15, 0.2) is 0 Å². The molecule has 0 spiro atoms. The fourth-order valence-electron chi connectivity index (χ4n) is 3.36. The third kappa shape index (κ3) is 3.08. The molecular weight excluding hydrogens is 284 g/mol. The number of hydrogen-bond acceptors (Lipinski definition) is 3. The summed E-state index contributed by atoms with van der Waals surface area (Å²) in [6.07, 6.45) is 5.65. The predicted molar refractivity (Wildman–Crippen MR) is 87.2 cm³/mol. The first-order chi connectivity index (χ1) is 9.81. The van der Waals surface area contributed by atoms with Crippen molar-refractivity contribution in [2.24, 2.45) is 11.8 Å². The Bertz CT molecular complexity index is 413. The van der Waals surface area contributed by atoms with Crippen LogP contribution in [0, 0.1) is 11.8 Å². The minimum Gasteiger partial charge on any atom is -0.342 e. The SMILES string of the molecule is CSC1(CN2C(=O)C(C(C)C)NC(=O)C2C(C)C)CCC1. The molecule has 1 N–H and O–H groups in total. The Morgan fingerprint density at radius 2 is 1.86 bits per heavy atom. The third-order valence-electron chi connectivity index (χ3n) is 4.91. The van der Waals surface area contributed by atoms with Crippen LogP contribution in [0.25, 0.3) is 0 Å². The van der Waals surface area contributed by atoms with Gasteiger partial charge in [0.25, 0.3) is 0 Å². The standard InChI is InChI=1S/C16H28N2O2S/c1-10(2)12-15(20)18(9-16(21-5)7-6-8-16)13(11(3)4)14(19)17-12/h10-13H,6-9H2,1-5H3,(H,17,19). The summed E-state index contributed by atoms with van der Waals surface area (Å²) in [6.45, 7) is 8.74. The molecule has 0 bridgehead atoms. The molecule has 2 aliphatic rings. The Labute approximate surface area is 132 Å². The van der Waals surface area contributed by atoms with Gasteiger partial charge in [0, 0.05) is 11.3 Å². The Balaban J connectivity index is 2.25. The molecule has 2 rings (SSSR count). The van der Waals surface area contributed by atoms with E-state index in [1.54, 1.807) is 0 Å². The minimum atomic E-state index is -0.369. The molecule has 2 atom stereocenters. The van der Waals surface area contributed by atoms with Crippen LogP contribution in [0.4, 0.5) is 0 Å². The van der Waals surface area contributed by atoms with Gasteiger partial charge in [0.15, 0.2) is 0 Å². The highest BCUT2D eigenvalue weighted by atomic mass is 32.2. The van der Waals surface area contributed by atoms with Gasteiger partial charge < -0.3 is 10.2 Å². The maximum atomic E-state index is 12.9. The van der Waals surface area contributed by atoms with Crippen molar-refractivity contribution >= 4 is 23.6 Å². The minimum absolute atomic E-state index is 0.0128. The zero-order valence-electron chi connectivity index (χ0n) is 13.8. The largest absolute Gasteiger partial charge is 0.342 e. The summed E-state index contributed by atoms with van der Waals surface area (Å²) in [5.74, 6) is 0.382. The van der Waals surface area contributed by atoms with Crippen molar-refractivity contribution in [1.82, 2.24) is 10.2 Å².